The van der Waals surface area contributed by atoms with E-state index in [1.165, 1.54) is 6.07 Å². The van der Waals surface area contributed by atoms with Crippen molar-refractivity contribution in [3.63, 3.8) is 0 Å². The van der Waals surface area contributed by atoms with Crippen molar-refractivity contribution < 1.29 is 9.18 Å². The minimum atomic E-state index is -0.384. The summed E-state index contributed by atoms with van der Waals surface area (Å²) in [5.74, 6) is 0.645. The van der Waals surface area contributed by atoms with Gasteiger partial charge in [0.25, 0.3) is 0 Å². The first-order valence-electron chi connectivity index (χ1n) is 8.30. The second-order valence-corrected chi connectivity index (χ2v) is 6.51. The molecule has 0 bridgehead atoms. The number of benzene rings is 1. The van der Waals surface area contributed by atoms with Crippen LogP contribution in [0.1, 0.15) is 38.7 Å². The molecule has 0 radical (unpaired) electrons. The van der Waals surface area contributed by atoms with Crippen LogP contribution in [0.2, 0.25) is 0 Å². The lowest BCUT2D eigenvalue weighted by molar-refractivity contribution is -0.135. The fourth-order valence-corrected chi connectivity index (χ4v) is 3.06. The van der Waals surface area contributed by atoms with Crippen LogP contribution in [-0.4, -0.2) is 29.9 Å². The fraction of sp³-hybridized carbons (Fsp3) is 0.611. The van der Waals surface area contributed by atoms with Crippen molar-refractivity contribution in [1.82, 2.24) is 4.90 Å². The molecular weight excluding hydrogens is 315 g/mol. The van der Waals surface area contributed by atoms with Crippen molar-refractivity contribution >= 4 is 18.3 Å². The van der Waals surface area contributed by atoms with Crippen LogP contribution in [0.5, 0.6) is 0 Å². The summed E-state index contributed by atoms with van der Waals surface area (Å²) in [6.45, 7) is 5.62. The van der Waals surface area contributed by atoms with Crippen LogP contribution in [0.25, 0.3) is 0 Å². The maximum atomic E-state index is 13.2. The third kappa shape index (κ3) is 5.47. The van der Waals surface area contributed by atoms with Crippen LogP contribution in [-0.2, 0) is 11.2 Å². The zero-order chi connectivity index (χ0) is 16.1. The summed E-state index contributed by atoms with van der Waals surface area (Å²) in [6.07, 6.45) is 3.74. The third-order valence-electron chi connectivity index (χ3n) is 4.88. The minimum absolute atomic E-state index is 0. The molecule has 0 saturated carbocycles. The number of likely N-dealkylation sites (tertiary alicyclic amines) is 1. The lowest BCUT2D eigenvalue weighted by Gasteiger charge is -2.34. The van der Waals surface area contributed by atoms with Crippen LogP contribution in [0, 0.1) is 17.7 Å². The van der Waals surface area contributed by atoms with Gasteiger partial charge in [0.2, 0.25) is 5.91 Å². The molecule has 23 heavy (non-hydrogen) atoms. The number of hydrogen-bond acceptors (Lipinski definition) is 2. The van der Waals surface area contributed by atoms with E-state index >= 15 is 0 Å². The number of halogens is 2. The van der Waals surface area contributed by atoms with Gasteiger partial charge < -0.3 is 10.6 Å². The molecule has 0 aliphatic carbocycles. The zero-order valence-corrected chi connectivity index (χ0v) is 14.8. The largest absolute Gasteiger partial charge is 0.341 e. The average molecular weight is 343 g/mol. The van der Waals surface area contributed by atoms with Crippen molar-refractivity contribution in [2.24, 2.45) is 17.6 Å². The standard InChI is InChI=1S/C18H27FN2O.ClH/c1-3-13(2)17(20)18(22)21-9-7-14(8-10-21)11-15-5-4-6-16(19)12-15;/h4-6,12-14,17H,3,7-11,20H2,1-2H3;1H. The lowest BCUT2D eigenvalue weighted by Crippen LogP contribution is -2.49. The Morgan fingerprint density at radius 2 is 2.04 bits per heavy atom. The number of carbonyl (C=O) groups excluding carboxylic acids is 1. The molecule has 1 aliphatic rings. The Morgan fingerprint density at radius 1 is 1.39 bits per heavy atom. The molecule has 3 nitrogen and oxygen atoms in total. The molecule has 2 rings (SSSR count). The monoisotopic (exact) mass is 342 g/mol. The van der Waals surface area contributed by atoms with E-state index in [4.69, 9.17) is 5.73 Å². The molecule has 1 amide bonds. The molecule has 1 aliphatic heterocycles. The molecule has 130 valence electrons. The van der Waals surface area contributed by atoms with Gasteiger partial charge in [0.15, 0.2) is 0 Å². The van der Waals surface area contributed by atoms with E-state index in [1.807, 2.05) is 17.9 Å². The molecule has 2 N–H and O–H groups in total. The number of nitrogens with zero attached hydrogens (tertiary/aromatic N) is 1. The molecule has 5 heteroatoms. The molecular formula is C18H28ClFN2O. The second kappa shape index (κ2) is 9.24. The summed E-state index contributed by atoms with van der Waals surface area (Å²) in [6, 6.07) is 6.43. The highest BCUT2D eigenvalue weighted by Crippen LogP contribution is 2.23. The van der Waals surface area contributed by atoms with Crippen molar-refractivity contribution in [3.8, 4) is 0 Å². The molecule has 0 spiro atoms. The maximum Gasteiger partial charge on any atom is 0.239 e. The summed E-state index contributed by atoms with van der Waals surface area (Å²) in [4.78, 5) is 14.3. The molecule has 2 atom stereocenters. The smallest absolute Gasteiger partial charge is 0.239 e. The number of amides is 1. The third-order valence-corrected chi connectivity index (χ3v) is 4.88. The van der Waals surface area contributed by atoms with E-state index in [0.717, 1.165) is 44.3 Å². The van der Waals surface area contributed by atoms with Crippen molar-refractivity contribution in [2.45, 2.75) is 45.6 Å². The highest BCUT2D eigenvalue weighted by atomic mass is 35.5. The van der Waals surface area contributed by atoms with Crippen LogP contribution in [0.3, 0.4) is 0 Å². The van der Waals surface area contributed by atoms with Crippen molar-refractivity contribution in [3.05, 3.63) is 35.6 Å². The van der Waals surface area contributed by atoms with Crippen molar-refractivity contribution in [1.29, 1.82) is 0 Å². The van der Waals surface area contributed by atoms with Crippen LogP contribution in [0.15, 0.2) is 24.3 Å². The molecule has 1 aromatic rings. The Hall–Kier alpha value is -1.13. The predicted octanol–water partition coefficient (Wildman–Crippen LogP) is 3.40. The summed E-state index contributed by atoms with van der Waals surface area (Å²) < 4.78 is 13.2. The Bertz CT molecular complexity index is 504. The van der Waals surface area contributed by atoms with Gasteiger partial charge in [-0.1, -0.05) is 32.4 Å². The van der Waals surface area contributed by atoms with E-state index in [2.05, 4.69) is 6.92 Å². The lowest BCUT2D eigenvalue weighted by atomic mass is 9.89. The molecule has 2 unspecified atom stereocenters. The van der Waals surface area contributed by atoms with Gasteiger partial charge in [-0.3, -0.25) is 4.79 Å². The molecule has 1 fully saturated rings. The highest BCUT2D eigenvalue weighted by molar-refractivity contribution is 5.85. The van der Waals surface area contributed by atoms with E-state index in [9.17, 15) is 9.18 Å². The topological polar surface area (TPSA) is 46.3 Å². The number of rotatable bonds is 5. The van der Waals surface area contributed by atoms with Crippen molar-refractivity contribution in [2.75, 3.05) is 13.1 Å². The quantitative estimate of drug-likeness (QED) is 0.891. The molecule has 0 aromatic heterocycles. The Morgan fingerprint density at radius 3 is 2.61 bits per heavy atom. The second-order valence-electron chi connectivity index (χ2n) is 6.51. The number of hydrogen-bond donors (Lipinski definition) is 1. The Balaban J connectivity index is 0.00000264. The van der Waals surface area contributed by atoms with Gasteiger partial charge >= 0.3 is 0 Å². The van der Waals surface area contributed by atoms with Crippen LogP contribution in [0.4, 0.5) is 4.39 Å². The van der Waals surface area contributed by atoms with Crippen LogP contribution >= 0.6 is 12.4 Å². The van der Waals surface area contributed by atoms with Gasteiger partial charge in [-0.25, -0.2) is 4.39 Å². The van der Waals surface area contributed by atoms with Gasteiger partial charge in [-0.15, -0.1) is 12.4 Å². The molecule has 1 heterocycles. The summed E-state index contributed by atoms with van der Waals surface area (Å²) in [5, 5.41) is 0. The average Bonchev–Trinajstić information content (AvgIpc) is 2.53. The normalized spacial score (nSPS) is 18.2. The van der Waals surface area contributed by atoms with E-state index < -0.39 is 0 Å². The SMILES string of the molecule is CCC(C)C(N)C(=O)N1CCC(Cc2cccc(F)c2)CC1.Cl. The predicted molar refractivity (Wildman–Crippen MR) is 94.1 cm³/mol. The molecule has 1 saturated heterocycles. The maximum absolute atomic E-state index is 13.2. The number of piperidine rings is 1. The minimum Gasteiger partial charge on any atom is -0.341 e. The number of carbonyl (C=O) groups is 1. The molecule has 1 aromatic carbocycles. The van der Waals surface area contributed by atoms with E-state index in [-0.39, 0.29) is 36.1 Å². The Kier molecular flexibility index (Phi) is 8.00. The fourth-order valence-electron chi connectivity index (χ4n) is 3.06. The first-order valence-corrected chi connectivity index (χ1v) is 8.30. The van der Waals surface area contributed by atoms with Gasteiger partial charge in [0, 0.05) is 13.1 Å². The van der Waals surface area contributed by atoms with Gasteiger partial charge in [-0.05, 0) is 48.8 Å². The summed E-state index contributed by atoms with van der Waals surface area (Å²) in [5.41, 5.74) is 7.09. The van der Waals surface area contributed by atoms with E-state index in [0.29, 0.717) is 5.92 Å². The zero-order valence-electron chi connectivity index (χ0n) is 14.0. The Labute approximate surface area is 144 Å². The van der Waals surface area contributed by atoms with Gasteiger partial charge in [0.05, 0.1) is 6.04 Å². The number of nitrogens with two attached hydrogens (primary N) is 1. The first-order chi connectivity index (χ1) is 10.5. The highest BCUT2D eigenvalue weighted by Gasteiger charge is 2.28. The van der Waals surface area contributed by atoms with Gasteiger partial charge in [-0.2, -0.15) is 0 Å². The van der Waals surface area contributed by atoms with Crippen LogP contribution < -0.4 is 5.73 Å². The van der Waals surface area contributed by atoms with E-state index in [1.54, 1.807) is 12.1 Å². The summed E-state index contributed by atoms with van der Waals surface area (Å²) in [7, 11) is 0. The van der Waals surface area contributed by atoms with Gasteiger partial charge in [0.1, 0.15) is 5.82 Å². The first kappa shape index (κ1) is 19.9. The summed E-state index contributed by atoms with van der Waals surface area (Å²) >= 11 is 0.